The Labute approximate surface area is 172 Å². The minimum Gasteiger partial charge on any atom is -0.505 e. The highest BCUT2D eigenvalue weighted by molar-refractivity contribution is 6.01. The average Bonchev–Trinajstić information content (AvgIpc) is 2.69. The number of hydrogen-bond acceptors (Lipinski definition) is 5. The van der Waals surface area contributed by atoms with Crippen molar-refractivity contribution in [3.63, 3.8) is 0 Å². The Morgan fingerprint density at radius 3 is 2.70 bits per heavy atom. The van der Waals surface area contributed by atoms with Crippen LogP contribution < -0.4 is 10.9 Å². The Bertz CT molecular complexity index is 1090. The average molecular weight is 413 g/mol. The number of carbonyl (C=O) groups excluding carboxylic acids is 1. The Hall–Kier alpha value is -3.26. The summed E-state index contributed by atoms with van der Waals surface area (Å²) in [6.45, 7) is 4.63. The normalized spacial score (nSPS) is 11.2. The molecule has 0 radical (unpaired) electrons. The molecular formula is C22H24FN3O4. The second-order valence-electron chi connectivity index (χ2n) is 7.25. The number of aromatic hydroxyl groups is 1. The number of nitrogens with zero attached hydrogens (tertiary/aromatic N) is 1. The molecule has 3 aromatic rings. The van der Waals surface area contributed by atoms with Crippen molar-refractivity contribution in [2.24, 2.45) is 0 Å². The summed E-state index contributed by atoms with van der Waals surface area (Å²) in [6, 6.07) is 7.76. The van der Waals surface area contributed by atoms with Gasteiger partial charge in [-0.1, -0.05) is 12.1 Å². The summed E-state index contributed by atoms with van der Waals surface area (Å²) in [5.41, 5.74) is 1.03. The maximum atomic E-state index is 13.1. The van der Waals surface area contributed by atoms with E-state index in [0.717, 1.165) is 11.1 Å². The molecule has 0 atom stereocenters. The van der Waals surface area contributed by atoms with E-state index in [-0.39, 0.29) is 23.0 Å². The Balaban J connectivity index is 1.77. The quantitative estimate of drug-likeness (QED) is 0.493. The van der Waals surface area contributed by atoms with Crippen LogP contribution in [-0.4, -0.2) is 40.2 Å². The van der Waals surface area contributed by atoms with Gasteiger partial charge in [0.2, 0.25) is 0 Å². The van der Waals surface area contributed by atoms with Gasteiger partial charge >= 0.3 is 0 Å². The largest absolute Gasteiger partial charge is 0.505 e. The smallest absolute Gasteiger partial charge is 0.265 e. The lowest BCUT2D eigenvalue weighted by molar-refractivity contribution is 0.0756. The van der Waals surface area contributed by atoms with Crippen molar-refractivity contribution >= 4 is 16.9 Å². The standard InChI is InChI=1S/C22H24FN3O4/c1-13(2)30-9-3-8-24-21(28)18-20(27)19-17(26-22(18)29)11-15(12-25-19)10-14-4-6-16(23)7-5-14/h4-7,11-13H,3,8-10H2,1-2H3,(H,24,28)(H2,26,27,29). The molecule has 158 valence electrons. The molecular weight excluding hydrogens is 389 g/mol. The van der Waals surface area contributed by atoms with Gasteiger partial charge in [-0.25, -0.2) is 4.39 Å². The molecule has 3 N–H and O–H groups in total. The summed E-state index contributed by atoms with van der Waals surface area (Å²) >= 11 is 0. The maximum Gasteiger partial charge on any atom is 0.265 e. The van der Waals surface area contributed by atoms with E-state index < -0.39 is 17.2 Å². The van der Waals surface area contributed by atoms with Crippen LogP contribution in [-0.2, 0) is 11.2 Å². The zero-order chi connectivity index (χ0) is 21.7. The second-order valence-corrected chi connectivity index (χ2v) is 7.25. The van der Waals surface area contributed by atoms with Crippen LogP contribution in [0.15, 0.2) is 41.3 Å². The number of aromatic amines is 1. The molecule has 0 unspecified atom stereocenters. The fourth-order valence-electron chi connectivity index (χ4n) is 3.03. The highest BCUT2D eigenvalue weighted by Crippen LogP contribution is 2.24. The van der Waals surface area contributed by atoms with Gasteiger partial charge in [0.15, 0.2) is 5.75 Å². The molecule has 1 aromatic carbocycles. The van der Waals surface area contributed by atoms with Gasteiger partial charge in [-0.2, -0.15) is 0 Å². The molecule has 2 aromatic heterocycles. The second kappa shape index (κ2) is 9.49. The molecule has 7 nitrogen and oxygen atoms in total. The van der Waals surface area contributed by atoms with Gasteiger partial charge in [0.25, 0.3) is 11.5 Å². The lowest BCUT2D eigenvalue weighted by Crippen LogP contribution is -2.31. The topological polar surface area (TPSA) is 104 Å². The number of hydrogen-bond donors (Lipinski definition) is 3. The monoisotopic (exact) mass is 413 g/mol. The van der Waals surface area contributed by atoms with Crippen LogP contribution in [0, 0.1) is 5.82 Å². The van der Waals surface area contributed by atoms with Crippen LogP contribution in [0.25, 0.3) is 11.0 Å². The number of aromatic nitrogens is 2. The molecule has 3 rings (SSSR count). The van der Waals surface area contributed by atoms with E-state index in [4.69, 9.17) is 4.74 Å². The first-order valence-corrected chi connectivity index (χ1v) is 9.73. The van der Waals surface area contributed by atoms with E-state index >= 15 is 0 Å². The third-order valence-electron chi connectivity index (χ3n) is 4.49. The van der Waals surface area contributed by atoms with Gasteiger partial charge in [0.05, 0.1) is 11.6 Å². The molecule has 8 heteroatoms. The van der Waals surface area contributed by atoms with Crippen molar-refractivity contribution < 1.29 is 19.0 Å². The van der Waals surface area contributed by atoms with E-state index in [9.17, 15) is 19.1 Å². The molecule has 2 heterocycles. The van der Waals surface area contributed by atoms with Gasteiger partial charge in [0.1, 0.15) is 16.9 Å². The molecule has 1 amide bonds. The third-order valence-corrected chi connectivity index (χ3v) is 4.49. The van der Waals surface area contributed by atoms with E-state index in [0.29, 0.717) is 31.5 Å². The van der Waals surface area contributed by atoms with E-state index in [1.54, 1.807) is 24.4 Å². The van der Waals surface area contributed by atoms with Crippen molar-refractivity contribution in [2.75, 3.05) is 13.2 Å². The summed E-state index contributed by atoms with van der Waals surface area (Å²) < 4.78 is 18.5. The number of rotatable bonds is 8. The lowest BCUT2D eigenvalue weighted by atomic mass is 10.1. The minimum atomic E-state index is -0.698. The van der Waals surface area contributed by atoms with Crippen molar-refractivity contribution in [2.45, 2.75) is 32.8 Å². The molecule has 0 spiro atoms. The predicted octanol–water partition coefficient (Wildman–Crippen LogP) is 2.90. The zero-order valence-electron chi connectivity index (χ0n) is 16.9. The molecule has 0 fully saturated rings. The Morgan fingerprint density at radius 1 is 1.27 bits per heavy atom. The number of fused-ring (bicyclic) bond motifs is 1. The van der Waals surface area contributed by atoms with Crippen molar-refractivity contribution in [1.82, 2.24) is 15.3 Å². The maximum absolute atomic E-state index is 13.1. The third kappa shape index (κ3) is 5.21. The van der Waals surface area contributed by atoms with E-state index in [1.807, 2.05) is 13.8 Å². The number of halogens is 1. The summed E-state index contributed by atoms with van der Waals surface area (Å²) in [5, 5.41) is 13.1. The highest BCUT2D eigenvalue weighted by atomic mass is 19.1. The van der Waals surface area contributed by atoms with Gasteiger partial charge in [0, 0.05) is 19.3 Å². The lowest BCUT2D eigenvalue weighted by Gasteiger charge is -2.10. The summed E-state index contributed by atoms with van der Waals surface area (Å²) in [5.74, 6) is -1.45. The Kier molecular flexibility index (Phi) is 6.79. The van der Waals surface area contributed by atoms with Crippen LogP contribution in [0.2, 0.25) is 0 Å². The van der Waals surface area contributed by atoms with E-state index in [2.05, 4.69) is 15.3 Å². The van der Waals surface area contributed by atoms with Crippen molar-refractivity contribution in [1.29, 1.82) is 0 Å². The fourth-order valence-corrected chi connectivity index (χ4v) is 3.03. The van der Waals surface area contributed by atoms with Crippen LogP contribution in [0.4, 0.5) is 4.39 Å². The van der Waals surface area contributed by atoms with Gasteiger partial charge in [-0.3, -0.25) is 14.6 Å². The first-order valence-electron chi connectivity index (χ1n) is 9.73. The number of pyridine rings is 2. The number of amides is 1. The van der Waals surface area contributed by atoms with Crippen LogP contribution in [0.5, 0.6) is 5.75 Å². The van der Waals surface area contributed by atoms with Crippen LogP contribution in [0.3, 0.4) is 0 Å². The molecule has 0 aliphatic rings. The first-order chi connectivity index (χ1) is 14.3. The van der Waals surface area contributed by atoms with E-state index in [1.165, 1.54) is 12.1 Å². The molecule has 0 saturated heterocycles. The molecule has 0 saturated carbocycles. The first kappa shape index (κ1) is 21.4. The minimum absolute atomic E-state index is 0.104. The number of nitrogens with one attached hydrogen (secondary N) is 2. The SMILES string of the molecule is CC(C)OCCCNC(=O)c1c(O)c2ncc(Cc3ccc(F)cc3)cc2[nH]c1=O. The Morgan fingerprint density at radius 2 is 2.00 bits per heavy atom. The summed E-state index contributed by atoms with van der Waals surface area (Å²) in [4.78, 5) is 31.6. The van der Waals surface area contributed by atoms with Gasteiger partial charge < -0.3 is 20.1 Å². The summed E-state index contributed by atoms with van der Waals surface area (Å²) in [7, 11) is 0. The molecule has 0 bridgehead atoms. The fraction of sp³-hybridized carbons (Fsp3) is 0.318. The highest BCUT2D eigenvalue weighted by Gasteiger charge is 2.20. The van der Waals surface area contributed by atoms with Gasteiger partial charge in [-0.05, 0) is 56.0 Å². The molecule has 30 heavy (non-hydrogen) atoms. The number of ether oxygens (including phenoxy) is 1. The zero-order valence-corrected chi connectivity index (χ0v) is 16.9. The van der Waals surface area contributed by atoms with Crippen LogP contribution >= 0.6 is 0 Å². The number of benzene rings is 1. The molecule has 0 aliphatic heterocycles. The molecule has 0 aliphatic carbocycles. The number of carbonyl (C=O) groups is 1. The number of H-pyrrole nitrogens is 1. The predicted molar refractivity (Wildman–Crippen MR) is 111 cm³/mol. The summed E-state index contributed by atoms with van der Waals surface area (Å²) in [6.07, 6.45) is 2.72. The van der Waals surface area contributed by atoms with Crippen LogP contribution in [0.1, 0.15) is 41.8 Å². The van der Waals surface area contributed by atoms with Gasteiger partial charge in [-0.15, -0.1) is 0 Å². The van der Waals surface area contributed by atoms with Crippen molar-refractivity contribution in [3.8, 4) is 5.75 Å². The van der Waals surface area contributed by atoms with Crippen molar-refractivity contribution in [3.05, 3.63) is 69.4 Å².